The number of alkyl carbamates (subject to hydrolysis) is 1. The molecule has 3 saturated carbocycles. The van der Waals surface area contributed by atoms with Crippen molar-refractivity contribution in [3.63, 3.8) is 0 Å². The Bertz CT molecular complexity index is 1760. The number of amides is 5. The van der Waals surface area contributed by atoms with Gasteiger partial charge in [-0.2, -0.15) is 0 Å². The molecule has 0 radical (unpaired) electrons. The Balaban J connectivity index is 1.13. The third kappa shape index (κ3) is 7.56. The lowest BCUT2D eigenvalue weighted by Gasteiger charge is -2.30. The van der Waals surface area contributed by atoms with Gasteiger partial charge in [-0.3, -0.25) is 24.0 Å². The second-order valence-electron chi connectivity index (χ2n) is 15.0. The monoisotopic (exact) mass is 729 g/mol. The average molecular weight is 730 g/mol. The van der Waals surface area contributed by atoms with Gasteiger partial charge >= 0.3 is 12.2 Å². The van der Waals surface area contributed by atoms with Gasteiger partial charge in [-0.1, -0.05) is 37.1 Å². The van der Waals surface area contributed by atoms with Crippen LogP contribution in [0.3, 0.4) is 0 Å². The number of carbonyl (C=O) groups is 5. The average Bonchev–Trinajstić information content (AvgIpc) is 4.03. The number of carbonyl (C=O) groups excluding carboxylic acids is 5. The van der Waals surface area contributed by atoms with Crippen LogP contribution in [0, 0.1) is 11.7 Å². The van der Waals surface area contributed by atoms with Crippen molar-refractivity contribution >= 4 is 39.9 Å². The molecule has 1 saturated heterocycles. The van der Waals surface area contributed by atoms with Crippen LogP contribution in [-0.2, 0) is 47.0 Å². The summed E-state index contributed by atoms with van der Waals surface area (Å²) in [6.45, 7) is 1.76. The Morgan fingerprint density at radius 3 is 2.57 bits per heavy atom. The molecule has 0 spiro atoms. The van der Waals surface area contributed by atoms with Gasteiger partial charge in [-0.05, 0) is 69.9 Å². The molecule has 1 aromatic rings. The molecule has 7 rings (SSSR count). The molecule has 16 heteroatoms. The summed E-state index contributed by atoms with van der Waals surface area (Å²) in [5.41, 5.74) is -1.09. The van der Waals surface area contributed by atoms with E-state index in [0.717, 1.165) is 12.8 Å². The zero-order valence-corrected chi connectivity index (χ0v) is 29.3. The molecule has 3 heterocycles. The number of benzene rings is 1. The number of sulfonamides is 1. The zero-order chi connectivity index (χ0) is 36.1. The van der Waals surface area contributed by atoms with Gasteiger partial charge in [0, 0.05) is 24.4 Å². The van der Waals surface area contributed by atoms with Gasteiger partial charge in [-0.15, -0.1) is 0 Å². The van der Waals surface area contributed by atoms with E-state index < -0.39 is 86.2 Å². The molecule has 14 nitrogen and oxygen atoms in total. The third-order valence-electron chi connectivity index (χ3n) is 10.9. The topological polar surface area (TPSA) is 181 Å². The summed E-state index contributed by atoms with van der Waals surface area (Å²) in [6.07, 6.45) is 6.70. The van der Waals surface area contributed by atoms with Crippen LogP contribution >= 0.6 is 0 Å². The molecule has 3 aliphatic carbocycles. The Kier molecular flexibility index (Phi) is 9.25. The maximum atomic E-state index is 14.4. The van der Waals surface area contributed by atoms with E-state index in [0.29, 0.717) is 49.7 Å². The minimum Gasteiger partial charge on any atom is -0.444 e. The Labute approximate surface area is 295 Å². The SMILES string of the molecule is CC1(OC(=O)N[C@H]2CCCCCC=C[C@@H]3C[C@@]3(C(=O)NS(=O)(=O)C3CC3)NC(=O)[C@@H]3C[C@@H](OC(=O)N4Cc5cccc(F)c5C4)CN3C2=O)CC1. The lowest BCUT2D eigenvalue weighted by atomic mass is 10.0. The molecular formula is C35H44FN5O9S. The normalized spacial score (nSPS) is 30.1. The van der Waals surface area contributed by atoms with Gasteiger partial charge < -0.3 is 25.0 Å². The highest BCUT2D eigenvalue weighted by Gasteiger charge is 2.62. The van der Waals surface area contributed by atoms with Gasteiger partial charge in [0.2, 0.25) is 21.8 Å². The van der Waals surface area contributed by atoms with Crippen molar-refractivity contribution in [3.8, 4) is 0 Å². The molecule has 0 unspecified atom stereocenters. The van der Waals surface area contributed by atoms with Crippen molar-refractivity contribution < 1.29 is 46.3 Å². The summed E-state index contributed by atoms with van der Waals surface area (Å²) in [5.74, 6) is -3.02. The number of hydrogen-bond donors (Lipinski definition) is 3. The number of nitrogens with one attached hydrogen (secondary N) is 3. The van der Waals surface area contributed by atoms with Gasteiger partial charge in [-0.25, -0.2) is 22.4 Å². The minimum atomic E-state index is -3.91. The van der Waals surface area contributed by atoms with Crippen molar-refractivity contribution in [2.75, 3.05) is 6.54 Å². The molecule has 4 fully saturated rings. The molecule has 1 aromatic carbocycles. The molecule has 5 amide bonds. The summed E-state index contributed by atoms with van der Waals surface area (Å²) < 4.78 is 53.4. The zero-order valence-electron chi connectivity index (χ0n) is 28.5. The number of rotatable bonds is 6. The molecule has 51 heavy (non-hydrogen) atoms. The predicted molar refractivity (Wildman–Crippen MR) is 178 cm³/mol. The van der Waals surface area contributed by atoms with E-state index in [-0.39, 0.29) is 38.9 Å². The molecule has 276 valence electrons. The molecule has 6 aliphatic rings. The van der Waals surface area contributed by atoms with Crippen LogP contribution in [0.4, 0.5) is 14.0 Å². The number of hydrogen-bond acceptors (Lipinski definition) is 9. The lowest BCUT2D eigenvalue weighted by molar-refractivity contribution is -0.141. The molecule has 3 N–H and O–H groups in total. The van der Waals surface area contributed by atoms with Crippen LogP contribution < -0.4 is 15.4 Å². The van der Waals surface area contributed by atoms with Gasteiger partial charge in [0.25, 0.3) is 5.91 Å². The number of nitrogens with zero attached hydrogens (tertiary/aromatic N) is 2. The van der Waals surface area contributed by atoms with Crippen molar-refractivity contribution in [2.45, 2.75) is 125 Å². The molecule has 0 aromatic heterocycles. The van der Waals surface area contributed by atoms with E-state index in [9.17, 15) is 36.8 Å². The summed E-state index contributed by atoms with van der Waals surface area (Å²) in [4.78, 5) is 70.9. The van der Waals surface area contributed by atoms with Crippen LogP contribution in [0.25, 0.3) is 0 Å². The smallest absolute Gasteiger partial charge is 0.410 e. The maximum absolute atomic E-state index is 14.4. The molecular weight excluding hydrogens is 685 g/mol. The fourth-order valence-corrected chi connectivity index (χ4v) is 8.61. The Hall–Kier alpha value is -4.21. The number of halogens is 1. The van der Waals surface area contributed by atoms with E-state index in [2.05, 4.69) is 15.4 Å². The van der Waals surface area contributed by atoms with Gasteiger partial charge in [0.1, 0.15) is 35.1 Å². The standard InChI is InChI=1S/C35H44FN5O9S/c1-34(14-15-34)50-32(45)37-27-11-6-4-2-3-5-9-22-17-35(22,31(44)39-51(47,48)24-12-13-24)38-29(42)28-16-23(19-41(28)30(27)43)49-33(46)40-18-21-8-7-10-26(36)25(21)20-40/h5,7-10,22-24,27-28H,2-4,6,11-20H2,1H3,(H,37,45)(H,38,42)(H,39,44)/t22-,23-,27+,28+,35-/m1/s1. The van der Waals surface area contributed by atoms with Gasteiger partial charge in [0.15, 0.2) is 0 Å². The van der Waals surface area contributed by atoms with E-state index in [1.54, 1.807) is 19.1 Å². The second-order valence-corrected chi connectivity index (χ2v) is 17.0. The summed E-state index contributed by atoms with van der Waals surface area (Å²) >= 11 is 0. The summed E-state index contributed by atoms with van der Waals surface area (Å²) in [5, 5.41) is 4.84. The van der Waals surface area contributed by atoms with E-state index in [1.165, 1.54) is 15.9 Å². The first-order chi connectivity index (χ1) is 24.3. The van der Waals surface area contributed by atoms with Gasteiger partial charge in [0.05, 0.1) is 18.3 Å². The van der Waals surface area contributed by atoms with Crippen molar-refractivity contribution in [2.24, 2.45) is 5.92 Å². The number of ether oxygens (including phenoxy) is 2. The van der Waals surface area contributed by atoms with Crippen molar-refractivity contribution in [3.05, 3.63) is 47.3 Å². The highest BCUT2D eigenvalue weighted by Crippen LogP contribution is 2.46. The number of fused-ring (bicyclic) bond motifs is 3. The molecule has 5 atom stereocenters. The van der Waals surface area contributed by atoms with Crippen LogP contribution in [0.15, 0.2) is 30.4 Å². The van der Waals surface area contributed by atoms with Crippen molar-refractivity contribution in [1.82, 2.24) is 25.2 Å². The lowest BCUT2D eigenvalue weighted by Crippen LogP contribution is -2.58. The van der Waals surface area contributed by atoms with Crippen LogP contribution in [0.2, 0.25) is 0 Å². The number of allylic oxidation sites excluding steroid dienone is 1. The first-order valence-electron chi connectivity index (χ1n) is 17.8. The summed E-state index contributed by atoms with van der Waals surface area (Å²) in [7, 11) is -3.91. The highest BCUT2D eigenvalue weighted by atomic mass is 32.2. The van der Waals surface area contributed by atoms with E-state index in [1.807, 2.05) is 12.2 Å². The van der Waals surface area contributed by atoms with Crippen LogP contribution in [0.1, 0.15) is 88.7 Å². The predicted octanol–water partition coefficient (Wildman–Crippen LogP) is 2.90. The fraction of sp³-hybridized carbons (Fsp3) is 0.629. The maximum Gasteiger partial charge on any atom is 0.410 e. The summed E-state index contributed by atoms with van der Waals surface area (Å²) in [6, 6.07) is 2.35. The van der Waals surface area contributed by atoms with Crippen LogP contribution in [0.5, 0.6) is 0 Å². The largest absolute Gasteiger partial charge is 0.444 e. The molecule has 0 bridgehead atoms. The molecule has 3 aliphatic heterocycles. The Morgan fingerprint density at radius 2 is 1.84 bits per heavy atom. The first kappa shape index (κ1) is 35.2. The van der Waals surface area contributed by atoms with E-state index in [4.69, 9.17) is 9.47 Å². The van der Waals surface area contributed by atoms with Crippen LogP contribution in [-0.4, -0.2) is 89.2 Å². The fourth-order valence-electron chi connectivity index (χ4n) is 7.25. The quantitative estimate of drug-likeness (QED) is 0.371. The Morgan fingerprint density at radius 1 is 1.06 bits per heavy atom. The third-order valence-corrected chi connectivity index (χ3v) is 12.7. The van der Waals surface area contributed by atoms with E-state index >= 15 is 0 Å². The highest BCUT2D eigenvalue weighted by molar-refractivity contribution is 7.91. The first-order valence-corrected chi connectivity index (χ1v) is 19.4. The minimum absolute atomic E-state index is 0.00342. The second kappa shape index (κ2) is 13.4. The van der Waals surface area contributed by atoms with Crippen molar-refractivity contribution in [1.29, 1.82) is 0 Å².